The molecule has 0 bridgehead atoms. The summed E-state index contributed by atoms with van der Waals surface area (Å²) in [5.41, 5.74) is 0.0407. The number of rotatable bonds is 6. The molecular weight excluding hydrogens is 306 g/mol. The molecule has 2 rings (SSSR count). The van der Waals surface area contributed by atoms with Gasteiger partial charge < -0.3 is 9.47 Å². The Bertz CT molecular complexity index is 468. The van der Waals surface area contributed by atoms with Crippen LogP contribution in [0.2, 0.25) is 0 Å². The second-order valence-corrected chi connectivity index (χ2v) is 6.17. The lowest BCUT2D eigenvalue weighted by Crippen LogP contribution is -2.45. The van der Waals surface area contributed by atoms with Gasteiger partial charge in [0, 0.05) is 36.4 Å². The third-order valence-electron chi connectivity index (χ3n) is 3.73. The van der Waals surface area contributed by atoms with Crippen molar-refractivity contribution in [2.45, 2.75) is 51.6 Å². The molecule has 106 valence electrons. The predicted octanol–water partition coefficient (Wildman–Crippen LogP) is 2.97. The molecule has 1 aromatic rings. The maximum absolute atomic E-state index is 12.5. The molecule has 5 heteroatoms. The zero-order valence-corrected chi connectivity index (χ0v) is 13.3. The Balaban J connectivity index is 2.30. The van der Waals surface area contributed by atoms with Crippen molar-refractivity contribution >= 4 is 21.7 Å². The highest BCUT2D eigenvalue weighted by molar-refractivity contribution is 9.09. The predicted molar refractivity (Wildman–Crippen MR) is 82.3 cm³/mol. The van der Waals surface area contributed by atoms with Crippen molar-refractivity contribution in [2.75, 3.05) is 16.8 Å². The van der Waals surface area contributed by atoms with Crippen LogP contribution in [-0.4, -0.2) is 27.5 Å². The van der Waals surface area contributed by atoms with Gasteiger partial charge in [-0.3, -0.25) is 4.79 Å². The summed E-state index contributed by atoms with van der Waals surface area (Å²) in [5.74, 6) is 0.627. The van der Waals surface area contributed by atoms with Crippen LogP contribution in [0.5, 0.6) is 0 Å². The number of alkyl halides is 1. The van der Waals surface area contributed by atoms with Gasteiger partial charge in [-0.25, -0.2) is 4.98 Å². The zero-order chi connectivity index (χ0) is 13.8. The second-order valence-electron chi connectivity index (χ2n) is 5.38. The van der Waals surface area contributed by atoms with Crippen LogP contribution in [0.25, 0.3) is 0 Å². The highest BCUT2D eigenvalue weighted by Crippen LogP contribution is 2.27. The van der Waals surface area contributed by atoms with Crippen LogP contribution in [0, 0.1) is 0 Å². The van der Waals surface area contributed by atoms with Crippen molar-refractivity contribution in [3.8, 4) is 0 Å². The SMILES string of the molecule is CC(C)n1ccnc(N(CCCBr)C2CCC2)c1=O. The van der Waals surface area contributed by atoms with Crippen molar-refractivity contribution in [1.29, 1.82) is 0 Å². The molecule has 19 heavy (non-hydrogen) atoms. The molecule has 0 saturated heterocycles. The van der Waals surface area contributed by atoms with E-state index >= 15 is 0 Å². The molecule has 1 fully saturated rings. The molecule has 0 N–H and O–H groups in total. The third-order valence-corrected chi connectivity index (χ3v) is 4.29. The zero-order valence-electron chi connectivity index (χ0n) is 11.7. The van der Waals surface area contributed by atoms with Gasteiger partial charge in [-0.05, 0) is 39.5 Å². The monoisotopic (exact) mass is 327 g/mol. The first-order valence-electron chi connectivity index (χ1n) is 7.05. The molecule has 1 saturated carbocycles. The topological polar surface area (TPSA) is 38.1 Å². The molecule has 0 radical (unpaired) electrons. The van der Waals surface area contributed by atoms with Gasteiger partial charge in [0.25, 0.3) is 5.56 Å². The van der Waals surface area contributed by atoms with Gasteiger partial charge in [-0.15, -0.1) is 0 Å². The fourth-order valence-electron chi connectivity index (χ4n) is 2.41. The molecule has 0 aliphatic heterocycles. The van der Waals surface area contributed by atoms with Crippen LogP contribution < -0.4 is 10.5 Å². The smallest absolute Gasteiger partial charge is 0.293 e. The van der Waals surface area contributed by atoms with Gasteiger partial charge in [0.1, 0.15) is 0 Å². The molecule has 4 nitrogen and oxygen atoms in total. The third kappa shape index (κ3) is 3.19. The summed E-state index contributed by atoms with van der Waals surface area (Å²) in [4.78, 5) is 19.1. The first-order valence-corrected chi connectivity index (χ1v) is 8.17. The number of anilines is 1. The maximum Gasteiger partial charge on any atom is 0.293 e. The van der Waals surface area contributed by atoms with Crippen molar-refractivity contribution in [2.24, 2.45) is 0 Å². The van der Waals surface area contributed by atoms with E-state index in [0.29, 0.717) is 11.9 Å². The van der Waals surface area contributed by atoms with E-state index in [1.807, 2.05) is 13.8 Å². The summed E-state index contributed by atoms with van der Waals surface area (Å²) in [6.45, 7) is 4.95. The largest absolute Gasteiger partial charge is 0.349 e. The van der Waals surface area contributed by atoms with E-state index in [4.69, 9.17) is 0 Å². The lowest BCUT2D eigenvalue weighted by atomic mass is 9.91. The van der Waals surface area contributed by atoms with Crippen LogP contribution in [0.1, 0.15) is 45.6 Å². The summed E-state index contributed by atoms with van der Waals surface area (Å²) in [7, 11) is 0. The summed E-state index contributed by atoms with van der Waals surface area (Å²) >= 11 is 3.47. The van der Waals surface area contributed by atoms with E-state index in [1.54, 1.807) is 17.0 Å². The standard InChI is InChI=1S/C14H22BrN3O/c1-11(2)17-10-8-16-13(14(17)19)18(9-4-7-15)12-5-3-6-12/h8,10-12H,3-7,9H2,1-2H3. The summed E-state index contributed by atoms with van der Waals surface area (Å²) < 4.78 is 1.77. The Morgan fingerprint density at radius 1 is 1.53 bits per heavy atom. The second kappa shape index (κ2) is 6.55. The molecule has 0 spiro atoms. The first kappa shape index (κ1) is 14.6. The molecule has 1 aliphatic rings. The molecule has 0 amide bonds. The first-order chi connectivity index (χ1) is 9.15. The minimum atomic E-state index is 0.0407. The van der Waals surface area contributed by atoms with Crippen LogP contribution in [0.4, 0.5) is 5.82 Å². The van der Waals surface area contributed by atoms with Gasteiger partial charge in [-0.2, -0.15) is 0 Å². The van der Waals surface area contributed by atoms with Gasteiger partial charge in [-0.1, -0.05) is 15.9 Å². The molecule has 0 atom stereocenters. The average Bonchev–Trinajstić information content (AvgIpc) is 2.32. The Labute approximate surface area is 123 Å². The summed E-state index contributed by atoms with van der Waals surface area (Å²) in [5, 5.41) is 0.960. The van der Waals surface area contributed by atoms with E-state index < -0.39 is 0 Å². The quantitative estimate of drug-likeness (QED) is 0.754. The maximum atomic E-state index is 12.5. The minimum absolute atomic E-state index is 0.0407. The van der Waals surface area contributed by atoms with Gasteiger partial charge in [0.05, 0.1) is 0 Å². The van der Waals surface area contributed by atoms with Crippen LogP contribution >= 0.6 is 15.9 Å². The van der Waals surface area contributed by atoms with Gasteiger partial charge in [0.2, 0.25) is 0 Å². The van der Waals surface area contributed by atoms with Gasteiger partial charge >= 0.3 is 0 Å². The average molecular weight is 328 g/mol. The Hall–Kier alpha value is -0.840. The molecule has 1 aromatic heterocycles. The highest BCUT2D eigenvalue weighted by atomic mass is 79.9. The molecule has 0 unspecified atom stereocenters. The summed E-state index contributed by atoms with van der Waals surface area (Å²) in [6.07, 6.45) is 8.19. The van der Waals surface area contributed by atoms with Crippen LogP contribution in [0.15, 0.2) is 17.2 Å². The van der Waals surface area contributed by atoms with Gasteiger partial charge in [0.15, 0.2) is 5.82 Å². The number of nitrogens with zero attached hydrogens (tertiary/aromatic N) is 3. The number of aromatic nitrogens is 2. The molecule has 1 aliphatic carbocycles. The van der Waals surface area contributed by atoms with Crippen LogP contribution in [0.3, 0.4) is 0 Å². The normalized spacial score (nSPS) is 15.6. The van der Waals surface area contributed by atoms with E-state index in [2.05, 4.69) is 25.8 Å². The highest BCUT2D eigenvalue weighted by Gasteiger charge is 2.27. The van der Waals surface area contributed by atoms with Crippen molar-refractivity contribution in [3.63, 3.8) is 0 Å². The fraction of sp³-hybridized carbons (Fsp3) is 0.714. The molecular formula is C14H22BrN3O. The van der Waals surface area contributed by atoms with E-state index in [-0.39, 0.29) is 11.6 Å². The minimum Gasteiger partial charge on any atom is -0.349 e. The number of halogens is 1. The van der Waals surface area contributed by atoms with E-state index in [9.17, 15) is 4.79 Å². The van der Waals surface area contributed by atoms with Crippen molar-refractivity contribution in [1.82, 2.24) is 9.55 Å². The number of hydrogen-bond acceptors (Lipinski definition) is 3. The Morgan fingerprint density at radius 3 is 2.79 bits per heavy atom. The van der Waals surface area contributed by atoms with E-state index in [0.717, 1.165) is 18.3 Å². The van der Waals surface area contributed by atoms with Crippen molar-refractivity contribution in [3.05, 3.63) is 22.7 Å². The molecule has 1 heterocycles. The van der Waals surface area contributed by atoms with Crippen LogP contribution in [-0.2, 0) is 0 Å². The number of hydrogen-bond donors (Lipinski definition) is 0. The summed E-state index contributed by atoms with van der Waals surface area (Å²) in [6, 6.07) is 0.677. The van der Waals surface area contributed by atoms with Crippen molar-refractivity contribution < 1.29 is 0 Å². The Morgan fingerprint density at radius 2 is 2.26 bits per heavy atom. The fourth-order valence-corrected chi connectivity index (χ4v) is 2.66. The Kier molecular flexibility index (Phi) is 5.02. The molecule has 0 aromatic carbocycles. The lowest BCUT2D eigenvalue weighted by molar-refractivity contribution is 0.382. The lowest BCUT2D eigenvalue weighted by Gasteiger charge is -2.38. The van der Waals surface area contributed by atoms with E-state index in [1.165, 1.54) is 19.3 Å².